The van der Waals surface area contributed by atoms with Gasteiger partial charge < -0.3 is 30.1 Å². The first-order chi connectivity index (χ1) is 15.7. The molecule has 0 radical (unpaired) electrons. The van der Waals surface area contributed by atoms with E-state index in [4.69, 9.17) is 14.6 Å². The smallest absolute Gasteiger partial charge is 0.407 e. The van der Waals surface area contributed by atoms with Crippen LogP contribution in [0.2, 0.25) is 0 Å². The molecule has 1 saturated carbocycles. The standard InChI is InChI=1S/C24H41N3O6/c1-16(2)21(28)26-20(17(3)32-14-24-9-4-19(5-10-24)33-15-24)22(29)25-11-6-18-7-12-27(13-8-18)23(30)31/h16-20H,4-15H2,1-3H3,(H,25,29)(H,26,28)(H,30,31)/t17-,19?,20?,24?/m1/s1. The molecule has 4 aliphatic rings. The molecule has 4 fully saturated rings. The van der Waals surface area contributed by atoms with E-state index in [1.165, 1.54) is 4.90 Å². The Morgan fingerprint density at radius 3 is 2.30 bits per heavy atom. The molecule has 2 atom stereocenters. The summed E-state index contributed by atoms with van der Waals surface area (Å²) < 4.78 is 12.1. The summed E-state index contributed by atoms with van der Waals surface area (Å²) in [5.74, 6) is -0.252. The van der Waals surface area contributed by atoms with Gasteiger partial charge >= 0.3 is 6.09 Å². The fourth-order valence-electron chi connectivity index (χ4n) is 5.04. The maximum Gasteiger partial charge on any atom is 0.407 e. The molecular weight excluding hydrogens is 426 g/mol. The lowest BCUT2D eigenvalue weighted by molar-refractivity contribution is -0.155. The zero-order valence-electron chi connectivity index (χ0n) is 20.3. The van der Waals surface area contributed by atoms with Gasteiger partial charge in [-0.05, 0) is 57.8 Å². The Hall–Kier alpha value is -1.87. The van der Waals surface area contributed by atoms with E-state index in [2.05, 4.69) is 10.6 Å². The van der Waals surface area contributed by atoms with Crippen molar-refractivity contribution < 1.29 is 29.0 Å². The highest BCUT2D eigenvalue weighted by Gasteiger charge is 2.42. The van der Waals surface area contributed by atoms with Crippen molar-refractivity contribution in [1.29, 1.82) is 0 Å². The van der Waals surface area contributed by atoms with Crippen LogP contribution in [0, 0.1) is 17.3 Å². The number of ether oxygens (including phenoxy) is 2. The third-order valence-electron chi connectivity index (χ3n) is 7.58. The Morgan fingerprint density at radius 1 is 1.09 bits per heavy atom. The van der Waals surface area contributed by atoms with E-state index in [9.17, 15) is 14.4 Å². The van der Waals surface area contributed by atoms with E-state index in [-0.39, 0.29) is 23.1 Å². The quantitative estimate of drug-likeness (QED) is 0.454. The van der Waals surface area contributed by atoms with E-state index in [1.54, 1.807) is 13.8 Å². The van der Waals surface area contributed by atoms with E-state index in [0.717, 1.165) is 44.9 Å². The van der Waals surface area contributed by atoms with Crippen LogP contribution in [0.25, 0.3) is 0 Å². The Labute approximate surface area is 196 Å². The van der Waals surface area contributed by atoms with Crippen LogP contribution < -0.4 is 10.6 Å². The lowest BCUT2D eigenvalue weighted by Gasteiger charge is -2.46. The van der Waals surface area contributed by atoms with Gasteiger partial charge in [-0.15, -0.1) is 0 Å². The van der Waals surface area contributed by atoms with Crippen LogP contribution in [-0.2, 0) is 19.1 Å². The van der Waals surface area contributed by atoms with Gasteiger partial charge in [-0.25, -0.2) is 4.79 Å². The lowest BCUT2D eigenvalue weighted by atomic mass is 9.72. The number of carboxylic acid groups (broad SMARTS) is 1. The molecule has 0 spiro atoms. The predicted molar refractivity (Wildman–Crippen MR) is 123 cm³/mol. The highest BCUT2D eigenvalue weighted by atomic mass is 16.5. The highest BCUT2D eigenvalue weighted by Crippen LogP contribution is 2.43. The van der Waals surface area contributed by atoms with Gasteiger partial charge in [0.25, 0.3) is 0 Å². The molecule has 1 aliphatic carbocycles. The lowest BCUT2D eigenvalue weighted by Crippen LogP contribution is -2.55. The van der Waals surface area contributed by atoms with Crippen LogP contribution in [0.1, 0.15) is 65.7 Å². The van der Waals surface area contributed by atoms with Crippen molar-refractivity contribution >= 4 is 17.9 Å². The van der Waals surface area contributed by atoms with Crippen LogP contribution >= 0.6 is 0 Å². The molecule has 3 N–H and O–H groups in total. The maximum absolute atomic E-state index is 13.0. The van der Waals surface area contributed by atoms with Crippen molar-refractivity contribution in [2.45, 2.75) is 84.0 Å². The SMILES string of the molecule is CC(C)C(=O)NC(C(=O)NCCC1CCN(C(=O)O)CC1)[C@@H](C)OCC12CCC(CC1)OC2. The molecular formula is C24H41N3O6. The van der Waals surface area contributed by atoms with Crippen molar-refractivity contribution in [3.63, 3.8) is 0 Å². The van der Waals surface area contributed by atoms with Gasteiger partial charge in [0.1, 0.15) is 6.04 Å². The molecule has 0 aromatic carbocycles. The fourth-order valence-corrected chi connectivity index (χ4v) is 5.04. The number of carbonyl (C=O) groups excluding carboxylic acids is 2. The minimum absolute atomic E-state index is 0.0247. The van der Waals surface area contributed by atoms with Crippen molar-refractivity contribution in [2.75, 3.05) is 32.8 Å². The topological polar surface area (TPSA) is 117 Å². The largest absolute Gasteiger partial charge is 0.465 e. The van der Waals surface area contributed by atoms with Crippen molar-refractivity contribution in [3.8, 4) is 0 Å². The minimum atomic E-state index is -0.869. The van der Waals surface area contributed by atoms with Gasteiger partial charge in [0.05, 0.1) is 25.4 Å². The second-order valence-corrected chi connectivity index (χ2v) is 10.5. The monoisotopic (exact) mass is 467 g/mol. The van der Waals surface area contributed by atoms with E-state index in [0.29, 0.717) is 44.9 Å². The molecule has 3 amide bonds. The first kappa shape index (κ1) is 25.7. The summed E-state index contributed by atoms with van der Waals surface area (Å²) >= 11 is 0. The van der Waals surface area contributed by atoms with Gasteiger partial charge in [0, 0.05) is 31.0 Å². The molecule has 33 heavy (non-hydrogen) atoms. The number of hydrogen-bond acceptors (Lipinski definition) is 5. The Bertz CT molecular complexity index is 670. The van der Waals surface area contributed by atoms with Crippen molar-refractivity contribution in [1.82, 2.24) is 15.5 Å². The first-order valence-electron chi connectivity index (χ1n) is 12.5. The summed E-state index contributed by atoms with van der Waals surface area (Å²) in [5, 5.41) is 14.9. The number of rotatable bonds is 10. The third kappa shape index (κ3) is 7.06. The third-order valence-corrected chi connectivity index (χ3v) is 7.58. The minimum Gasteiger partial charge on any atom is -0.465 e. The summed E-state index contributed by atoms with van der Waals surface area (Å²) in [4.78, 5) is 37.9. The van der Waals surface area contributed by atoms with Crippen LogP contribution in [0.3, 0.4) is 0 Å². The van der Waals surface area contributed by atoms with Crippen LogP contribution in [-0.4, -0.2) is 79.0 Å². The van der Waals surface area contributed by atoms with Crippen LogP contribution in [0.4, 0.5) is 4.79 Å². The molecule has 3 aliphatic heterocycles. The molecule has 9 nitrogen and oxygen atoms in total. The zero-order chi connectivity index (χ0) is 24.0. The maximum atomic E-state index is 13.0. The molecule has 3 heterocycles. The highest BCUT2D eigenvalue weighted by molar-refractivity contribution is 5.88. The van der Waals surface area contributed by atoms with Gasteiger partial charge in [-0.2, -0.15) is 0 Å². The van der Waals surface area contributed by atoms with Crippen molar-refractivity contribution in [2.24, 2.45) is 17.3 Å². The molecule has 3 saturated heterocycles. The van der Waals surface area contributed by atoms with Gasteiger partial charge in [-0.1, -0.05) is 13.8 Å². The normalized spacial score (nSPS) is 27.3. The number of hydrogen-bond donors (Lipinski definition) is 3. The number of amides is 3. The molecule has 188 valence electrons. The summed E-state index contributed by atoms with van der Waals surface area (Å²) in [6.07, 6.45) is 5.77. The summed E-state index contributed by atoms with van der Waals surface area (Å²) in [6.45, 7) is 8.27. The second kappa shape index (κ2) is 11.5. The Kier molecular flexibility index (Phi) is 8.98. The predicted octanol–water partition coefficient (Wildman–Crippen LogP) is 2.39. The number of nitrogens with zero attached hydrogens (tertiary/aromatic N) is 1. The molecule has 0 aromatic rings. The van der Waals surface area contributed by atoms with Crippen LogP contribution in [0.5, 0.6) is 0 Å². The number of carbonyl (C=O) groups is 3. The van der Waals surface area contributed by atoms with Gasteiger partial charge in [0.2, 0.25) is 11.8 Å². The number of fused-ring (bicyclic) bond motifs is 3. The summed E-state index contributed by atoms with van der Waals surface area (Å²) in [7, 11) is 0. The summed E-state index contributed by atoms with van der Waals surface area (Å²) in [6, 6.07) is -0.758. The number of nitrogens with one attached hydrogen (secondary N) is 2. The average molecular weight is 468 g/mol. The average Bonchev–Trinajstić information content (AvgIpc) is 2.82. The molecule has 0 aromatic heterocycles. The molecule has 1 unspecified atom stereocenters. The second-order valence-electron chi connectivity index (χ2n) is 10.5. The van der Waals surface area contributed by atoms with E-state index in [1.807, 2.05) is 6.92 Å². The first-order valence-corrected chi connectivity index (χ1v) is 12.5. The Morgan fingerprint density at radius 2 is 1.76 bits per heavy atom. The number of likely N-dealkylation sites (tertiary alicyclic amines) is 1. The molecule has 4 rings (SSSR count). The fraction of sp³-hybridized carbons (Fsp3) is 0.875. The zero-order valence-corrected chi connectivity index (χ0v) is 20.3. The summed E-state index contributed by atoms with van der Waals surface area (Å²) in [5.41, 5.74) is 0.0247. The molecule has 2 bridgehead atoms. The van der Waals surface area contributed by atoms with Crippen LogP contribution in [0.15, 0.2) is 0 Å². The van der Waals surface area contributed by atoms with Gasteiger partial charge in [0.15, 0.2) is 0 Å². The molecule has 9 heteroatoms. The van der Waals surface area contributed by atoms with E-state index < -0.39 is 18.2 Å². The van der Waals surface area contributed by atoms with Crippen molar-refractivity contribution in [3.05, 3.63) is 0 Å². The van der Waals surface area contributed by atoms with Gasteiger partial charge in [-0.3, -0.25) is 9.59 Å². The van der Waals surface area contributed by atoms with E-state index >= 15 is 0 Å². The number of piperidine rings is 1. The Balaban J connectivity index is 1.49.